The highest BCUT2D eigenvalue weighted by molar-refractivity contribution is 6.02. The second-order valence-corrected chi connectivity index (χ2v) is 5.59. The monoisotopic (exact) mass is 337 g/mol. The van der Waals surface area contributed by atoms with Gasteiger partial charge in [-0.1, -0.05) is 44.2 Å². The number of carbonyl (C=O) groups excluding carboxylic acids is 2. The molecule has 25 heavy (non-hydrogen) atoms. The Labute approximate surface area is 148 Å². The van der Waals surface area contributed by atoms with E-state index in [4.69, 9.17) is 0 Å². The molecule has 0 aliphatic rings. The van der Waals surface area contributed by atoms with E-state index in [-0.39, 0.29) is 11.8 Å². The molecule has 130 valence electrons. The van der Waals surface area contributed by atoms with E-state index in [0.29, 0.717) is 24.1 Å². The first-order chi connectivity index (χ1) is 12.1. The van der Waals surface area contributed by atoms with E-state index in [9.17, 15) is 9.59 Å². The van der Waals surface area contributed by atoms with Crippen LogP contribution in [-0.4, -0.2) is 17.5 Å². The molecular weight excluding hydrogens is 314 g/mol. The van der Waals surface area contributed by atoms with E-state index in [2.05, 4.69) is 15.8 Å². The van der Waals surface area contributed by atoms with Crippen molar-refractivity contribution < 1.29 is 9.59 Å². The zero-order valence-corrected chi connectivity index (χ0v) is 14.6. The standard InChI is InChI=1S/C20H23N3O2/c1-3-8-19(24)21-17-13-11-16(12-14-17)20(25)23-22-18(4-2)15-9-6-5-7-10-15/h5-7,9-14H,3-4,8H2,1-2H3,(H,21,24)(H,23,25). The Hall–Kier alpha value is -2.95. The predicted molar refractivity (Wildman–Crippen MR) is 101 cm³/mol. The molecule has 0 atom stereocenters. The number of anilines is 1. The normalized spacial score (nSPS) is 11.0. The van der Waals surface area contributed by atoms with Crippen LogP contribution in [0.4, 0.5) is 5.69 Å². The van der Waals surface area contributed by atoms with Gasteiger partial charge in [0.1, 0.15) is 0 Å². The summed E-state index contributed by atoms with van der Waals surface area (Å²) in [4.78, 5) is 23.8. The number of hydrazone groups is 1. The number of amides is 2. The lowest BCUT2D eigenvalue weighted by molar-refractivity contribution is -0.116. The molecule has 2 aromatic rings. The van der Waals surface area contributed by atoms with E-state index in [1.165, 1.54) is 0 Å². The van der Waals surface area contributed by atoms with Gasteiger partial charge in [0.2, 0.25) is 5.91 Å². The minimum absolute atomic E-state index is 0.0280. The first kappa shape index (κ1) is 18.4. The quantitative estimate of drug-likeness (QED) is 0.593. The summed E-state index contributed by atoms with van der Waals surface area (Å²) in [5.74, 6) is -0.312. The van der Waals surface area contributed by atoms with Gasteiger partial charge in [-0.2, -0.15) is 5.10 Å². The summed E-state index contributed by atoms with van der Waals surface area (Å²) in [5, 5.41) is 7.02. The fourth-order valence-electron chi connectivity index (χ4n) is 2.32. The van der Waals surface area contributed by atoms with Gasteiger partial charge in [0.15, 0.2) is 0 Å². The van der Waals surface area contributed by atoms with Crippen LogP contribution in [0.15, 0.2) is 59.7 Å². The fraction of sp³-hybridized carbons (Fsp3) is 0.250. The highest BCUT2D eigenvalue weighted by atomic mass is 16.2. The van der Waals surface area contributed by atoms with Gasteiger partial charge in [0, 0.05) is 17.7 Å². The lowest BCUT2D eigenvalue weighted by Crippen LogP contribution is -2.20. The van der Waals surface area contributed by atoms with Crippen molar-refractivity contribution in [2.75, 3.05) is 5.32 Å². The third-order valence-electron chi connectivity index (χ3n) is 3.64. The molecule has 0 unspecified atom stereocenters. The lowest BCUT2D eigenvalue weighted by atomic mass is 10.1. The molecule has 2 amide bonds. The third-order valence-corrected chi connectivity index (χ3v) is 3.64. The van der Waals surface area contributed by atoms with Crippen molar-refractivity contribution in [3.05, 3.63) is 65.7 Å². The van der Waals surface area contributed by atoms with E-state index in [1.807, 2.05) is 44.2 Å². The van der Waals surface area contributed by atoms with Crippen molar-refractivity contribution in [3.63, 3.8) is 0 Å². The summed E-state index contributed by atoms with van der Waals surface area (Å²) in [5.41, 5.74) is 5.56. The summed E-state index contributed by atoms with van der Waals surface area (Å²) in [7, 11) is 0. The molecular formula is C20H23N3O2. The van der Waals surface area contributed by atoms with Crippen LogP contribution in [0.25, 0.3) is 0 Å². The van der Waals surface area contributed by atoms with Crippen LogP contribution >= 0.6 is 0 Å². The Morgan fingerprint density at radius 1 is 0.920 bits per heavy atom. The summed E-state index contributed by atoms with van der Waals surface area (Å²) in [6.45, 7) is 3.94. The van der Waals surface area contributed by atoms with Crippen molar-refractivity contribution in [3.8, 4) is 0 Å². The maximum atomic E-state index is 12.2. The van der Waals surface area contributed by atoms with E-state index >= 15 is 0 Å². The van der Waals surface area contributed by atoms with Crippen LogP contribution in [0, 0.1) is 0 Å². The zero-order valence-electron chi connectivity index (χ0n) is 14.6. The molecule has 2 aromatic carbocycles. The molecule has 0 fully saturated rings. The number of hydrogen-bond acceptors (Lipinski definition) is 3. The summed E-state index contributed by atoms with van der Waals surface area (Å²) in [6.07, 6.45) is 1.99. The maximum Gasteiger partial charge on any atom is 0.271 e. The van der Waals surface area contributed by atoms with Crippen LogP contribution in [0.1, 0.15) is 49.0 Å². The van der Waals surface area contributed by atoms with Gasteiger partial charge < -0.3 is 5.32 Å². The smallest absolute Gasteiger partial charge is 0.271 e. The Morgan fingerprint density at radius 2 is 1.60 bits per heavy atom. The Kier molecular flexibility index (Phi) is 6.89. The van der Waals surface area contributed by atoms with Crippen molar-refractivity contribution in [2.24, 2.45) is 5.10 Å². The number of hydrogen-bond donors (Lipinski definition) is 2. The molecule has 0 radical (unpaired) electrons. The number of nitrogens with zero attached hydrogens (tertiary/aromatic N) is 1. The van der Waals surface area contributed by atoms with Crippen LogP contribution in [-0.2, 0) is 4.79 Å². The topological polar surface area (TPSA) is 70.6 Å². The third kappa shape index (κ3) is 5.57. The van der Waals surface area contributed by atoms with Crippen molar-refractivity contribution >= 4 is 23.2 Å². The molecule has 0 saturated carbocycles. The molecule has 0 heterocycles. The Bertz CT molecular complexity index is 737. The van der Waals surface area contributed by atoms with Gasteiger partial charge >= 0.3 is 0 Å². The van der Waals surface area contributed by atoms with Crippen LogP contribution < -0.4 is 10.7 Å². The van der Waals surface area contributed by atoms with Crippen molar-refractivity contribution in [1.82, 2.24) is 5.43 Å². The number of rotatable bonds is 7. The van der Waals surface area contributed by atoms with Gasteiger partial charge in [0.05, 0.1) is 5.71 Å². The largest absolute Gasteiger partial charge is 0.326 e. The minimum Gasteiger partial charge on any atom is -0.326 e. The van der Waals surface area contributed by atoms with Gasteiger partial charge in [-0.25, -0.2) is 5.43 Å². The van der Waals surface area contributed by atoms with Crippen molar-refractivity contribution in [1.29, 1.82) is 0 Å². The zero-order chi connectivity index (χ0) is 18.1. The number of carbonyl (C=O) groups is 2. The highest BCUT2D eigenvalue weighted by Gasteiger charge is 2.07. The number of benzene rings is 2. The van der Waals surface area contributed by atoms with E-state index < -0.39 is 0 Å². The molecule has 0 aliphatic heterocycles. The molecule has 2 N–H and O–H groups in total. The van der Waals surface area contributed by atoms with Gasteiger partial charge in [-0.15, -0.1) is 0 Å². The molecule has 0 aliphatic carbocycles. The average molecular weight is 337 g/mol. The average Bonchev–Trinajstić information content (AvgIpc) is 2.64. The summed E-state index contributed by atoms with van der Waals surface area (Å²) < 4.78 is 0. The summed E-state index contributed by atoms with van der Waals surface area (Å²) in [6, 6.07) is 16.5. The number of nitrogens with one attached hydrogen (secondary N) is 2. The highest BCUT2D eigenvalue weighted by Crippen LogP contribution is 2.10. The minimum atomic E-state index is -0.284. The van der Waals surface area contributed by atoms with E-state index in [1.54, 1.807) is 24.3 Å². The molecule has 0 saturated heterocycles. The predicted octanol–water partition coefficient (Wildman–Crippen LogP) is 3.97. The second kappa shape index (κ2) is 9.37. The first-order valence-corrected chi connectivity index (χ1v) is 8.46. The molecule has 5 nitrogen and oxygen atoms in total. The second-order valence-electron chi connectivity index (χ2n) is 5.59. The molecule has 0 bridgehead atoms. The lowest BCUT2D eigenvalue weighted by Gasteiger charge is -2.07. The molecule has 0 spiro atoms. The molecule has 2 rings (SSSR count). The summed E-state index contributed by atoms with van der Waals surface area (Å²) >= 11 is 0. The molecule has 0 aromatic heterocycles. The van der Waals surface area contributed by atoms with Crippen LogP contribution in [0.2, 0.25) is 0 Å². The fourth-order valence-corrected chi connectivity index (χ4v) is 2.32. The Balaban J connectivity index is 2.00. The SMILES string of the molecule is CCCC(=O)Nc1ccc(C(=O)NN=C(CC)c2ccccc2)cc1. The maximum absolute atomic E-state index is 12.2. The van der Waals surface area contributed by atoms with Crippen LogP contribution in [0.3, 0.4) is 0 Å². The first-order valence-electron chi connectivity index (χ1n) is 8.46. The van der Waals surface area contributed by atoms with E-state index in [0.717, 1.165) is 17.7 Å². The van der Waals surface area contributed by atoms with Gasteiger partial charge in [-0.3, -0.25) is 9.59 Å². The van der Waals surface area contributed by atoms with Crippen LogP contribution in [0.5, 0.6) is 0 Å². The van der Waals surface area contributed by atoms with Gasteiger partial charge in [0.25, 0.3) is 5.91 Å². The Morgan fingerprint density at radius 3 is 2.20 bits per heavy atom. The molecule has 5 heteroatoms. The van der Waals surface area contributed by atoms with Crippen molar-refractivity contribution in [2.45, 2.75) is 33.1 Å². The van der Waals surface area contributed by atoms with Gasteiger partial charge in [-0.05, 0) is 42.7 Å².